The van der Waals surface area contributed by atoms with E-state index in [-0.39, 0.29) is 17.1 Å². The van der Waals surface area contributed by atoms with Gasteiger partial charge in [0.15, 0.2) is 0 Å². The number of carboxylic acids is 1. The minimum atomic E-state index is -1.04. The highest BCUT2D eigenvalue weighted by atomic mass is 35.5. The van der Waals surface area contributed by atoms with Gasteiger partial charge < -0.3 is 5.11 Å². The molecule has 0 radical (unpaired) electrons. The Balaban J connectivity index is 2.95. The Kier molecular flexibility index (Phi) is 4.17. The molecule has 15 heavy (non-hydrogen) atoms. The van der Waals surface area contributed by atoms with Crippen molar-refractivity contribution in [2.45, 2.75) is 11.8 Å². The first kappa shape index (κ1) is 12.1. The maximum absolute atomic E-state index is 10.9. The van der Waals surface area contributed by atoms with Crippen molar-refractivity contribution in [2.24, 2.45) is 0 Å². The van der Waals surface area contributed by atoms with Crippen LogP contribution in [0.3, 0.4) is 0 Å². The minimum Gasteiger partial charge on any atom is -0.478 e. The number of rotatable bonds is 4. The van der Waals surface area contributed by atoms with Crippen LogP contribution in [0.1, 0.15) is 17.3 Å². The van der Waals surface area contributed by atoms with Gasteiger partial charge in [0.25, 0.3) is 0 Å². The monoisotopic (exact) mass is 244 g/mol. The Bertz CT molecular complexity index is 404. The zero-order valence-electron chi connectivity index (χ0n) is 7.99. The lowest BCUT2D eigenvalue weighted by Gasteiger charge is -2.04. The van der Waals surface area contributed by atoms with Crippen molar-refractivity contribution in [3.63, 3.8) is 0 Å². The highest BCUT2D eigenvalue weighted by Gasteiger charge is 2.11. The SMILES string of the molecule is CC(=O)CSc1ccc(Cl)cc1C(=O)O. The van der Waals surface area contributed by atoms with Crippen LogP contribution in [-0.2, 0) is 4.79 Å². The van der Waals surface area contributed by atoms with Crippen LogP contribution in [0.15, 0.2) is 23.1 Å². The molecule has 0 unspecified atom stereocenters. The quantitative estimate of drug-likeness (QED) is 0.828. The number of carbonyl (C=O) groups is 2. The number of hydrogen-bond donors (Lipinski definition) is 1. The molecular formula is C10H9ClO3S. The molecule has 0 aromatic heterocycles. The average Bonchev–Trinajstić information content (AvgIpc) is 2.15. The number of aromatic carboxylic acids is 1. The molecule has 5 heteroatoms. The van der Waals surface area contributed by atoms with E-state index in [1.807, 2.05) is 0 Å². The molecule has 0 aliphatic carbocycles. The third-order valence-electron chi connectivity index (χ3n) is 1.60. The predicted molar refractivity (Wildman–Crippen MR) is 59.8 cm³/mol. The van der Waals surface area contributed by atoms with Crippen molar-refractivity contribution in [2.75, 3.05) is 5.75 Å². The van der Waals surface area contributed by atoms with Gasteiger partial charge in [-0.1, -0.05) is 11.6 Å². The topological polar surface area (TPSA) is 54.4 Å². The van der Waals surface area contributed by atoms with Crippen LogP contribution in [-0.4, -0.2) is 22.6 Å². The molecule has 1 aromatic carbocycles. The standard InChI is InChI=1S/C10H9ClO3S/c1-6(12)5-15-9-3-2-7(11)4-8(9)10(13)14/h2-4H,5H2,1H3,(H,13,14). The zero-order valence-corrected chi connectivity index (χ0v) is 9.56. The second-order valence-corrected chi connectivity index (χ2v) is 4.39. The largest absolute Gasteiger partial charge is 0.478 e. The van der Waals surface area contributed by atoms with Crippen LogP contribution in [0, 0.1) is 0 Å². The number of thioether (sulfide) groups is 1. The minimum absolute atomic E-state index is 0.00582. The van der Waals surface area contributed by atoms with Crippen LogP contribution >= 0.6 is 23.4 Å². The molecule has 3 nitrogen and oxygen atoms in total. The first-order valence-corrected chi connectivity index (χ1v) is 5.52. The summed E-state index contributed by atoms with van der Waals surface area (Å²) in [7, 11) is 0. The molecule has 0 aliphatic heterocycles. The summed E-state index contributed by atoms with van der Waals surface area (Å²) in [5.41, 5.74) is 0.133. The van der Waals surface area contributed by atoms with E-state index in [0.29, 0.717) is 9.92 Å². The van der Waals surface area contributed by atoms with Gasteiger partial charge in [-0.05, 0) is 25.1 Å². The van der Waals surface area contributed by atoms with Crippen LogP contribution < -0.4 is 0 Å². The van der Waals surface area contributed by atoms with Crippen LogP contribution in [0.2, 0.25) is 5.02 Å². The molecule has 1 rings (SSSR count). The normalized spacial score (nSPS) is 10.0. The zero-order chi connectivity index (χ0) is 11.4. The Hall–Kier alpha value is -1.00. The average molecular weight is 245 g/mol. The van der Waals surface area contributed by atoms with Crippen LogP contribution in [0.25, 0.3) is 0 Å². The summed E-state index contributed by atoms with van der Waals surface area (Å²) in [6.45, 7) is 1.46. The maximum Gasteiger partial charge on any atom is 0.336 e. The number of hydrogen-bond acceptors (Lipinski definition) is 3. The second-order valence-electron chi connectivity index (χ2n) is 2.94. The Morgan fingerprint density at radius 1 is 1.47 bits per heavy atom. The van der Waals surface area contributed by atoms with Crippen molar-refractivity contribution >= 4 is 35.1 Å². The first-order valence-electron chi connectivity index (χ1n) is 4.16. The third kappa shape index (κ3) is 3.57. The first-order chi connectivity index (χ1) is 7.00. The van der Waals surface area contributed by atoms with Crippen molar-refractivity contribution in [3.05, 3.63) is 28.8 Å². The van der Waals surface area contributed by atoms with Gasteiger partial charge in [0.05, 0.1) is 11.3 Å². The smallest absolute Gasteiger partial charge is 0.336 e. The number of benzene rings is 1. The van der Waals surface area contributed by atoms with Gasteiger partial charge in [-0.15, -0.1) is 11.8 Å². The predicted octanol–water partition coefficient (Wildman–Crippen LogP) is 2.72. The van der Waals surface area contributed by atoms with Gasteiger partial charge in [0.2, 0.25) is 0 Å². The molecule has 0 atom stereocenters. The van der Waals surface area contributed by atoms with Gasteiger partial charge >= 0.3 is 5.97 Å². The van der Waals surface area contributed by atoms with Crippen LogP contribution in [0.4, 0.5) is 0 Å². The van der Waals surface area contributed by atoms with E-state index < -0.39 is 5.97 Å². The Labute approximate surface area is 96.4 Å². The molecule has 0 saturated carbocycles. The number of ketones is 1. The van der Waals surface area contributed by atoms with Gasteiger partial charge in [-0.25, -0.2) is 4.79 Å². The molecule has 0 spiro atoms. The number of Topliss-reactive ketones (excluding diaryl/α,β-unsaturated/α-hetero) is 1. The maximum atomic E-state index is 10.9. The lowest BCUT2D eigenvalue weighted by Crippen LogP contribution is -2.00. The molecule has 0 aliphatic rings. The molecule has 0 fully saturated rings. The fourth-order valence-electron chi connectivity index (χ4n) is 0.975. The fourth-order valence-corrected chi connectivity index (χ4v) is 1.97. The van der Waals surface area contributed by atoms with E-state index >= 15 is 0 Å². The summed E-state index contributed by atoms with van der Waals surface area (Å²) in [6, 6.07) is 4.60. The highest BCUT2D eigenvalue weighted by Crippen LogP contribution is 2.25. The number of carboxylic acid groups (broad SMARTS) is 1. The second kappa shape index (κ2) is 5.19. The molecule has 0 heterocycles. The lowest BCUT2D eigenvalue weighted by molar-refractivity contribution is -0.114. The molecule has 80 valence electrons. The summed E-state index contributed by atoms with van der Waals surface area (Å²) in [6.07, 6.45) is 0. The molecule has 1 N–H and O–H groups in total. The van der Waals surface area contributed by atoms with Crippen molar-refractivity contribution in [3.8, 4) is 0 Å². The summed E-state index contributed by atoms with van der Waals surface area (Å²) in [5.74, 6) is -0.767. The molecule has 0 saturated heterocycles. The summed E-state index contributed by atoms with van der Waals surface area (Å²) >= 11 is 6.89. The summed E-state index contributed by atoms with van der Waals surface area (Å²) in [5, 5.41) is 9.27. The molecule has 0 bridgehead atoms. The van der Waals surface area contributed by atoms with E-state index in [0.717, 1.165) is 0 Å². The van der Waals surface area contributed by atoms with Gasteiger partial charge in [-0.3, -0.25) is 4.79 Å². The van der Waals surface area contributed by atoms with Crippen LogP contribution in [0.5, 0.6) is 0 Å². The van der Waals surface area contributed by atoms with Crippen molar-refractivity contribution in [1.29, 1.82) is 0 Å². The number of carbonyl (C=O) groups excluding carboxylic acids is 1. The van der Waals surface area contributed by atoms with Gasteiger partial charge in [-0.2, -0.15) is 0 Å². The lowest BCUT2D eigenvalue weighted by atomic mass is 10.2. The van der Waals surface area contributed by atoms with E-state index in [9.17, 15) is 9.59 Å². The van der Waals surface area contributed by atoms with Gasteiger partial charge in [0.1, 0.15) is 5.78 Å². The molecule has 1 aromatic rings. The van der Waals surface area contributed by atoms with E-state index in [2.05, 4.69) is 0 Å². The molecular weight excluding hydrogens is 236 g/mol. The summed E-state index contributed by atoms with van der Waals surface area (Å²) in [4.78, 5) is 22.2. The number of halogens is 1. The third-order valence-corrected chi connectivity index (χ3v) is 3.06. The van der Waals surface area contributed by atoms with E-state index in [1.165, 1.54) is 24.8 Å². The molecule has 0 amide bonds. The fraction of sp³-hybridized carbons (Fsp3) is 0.200. The van der Waals surface area contributed by atoms with E-state index in [1.54, 1.807) is 12.1 Å². The Morgan fingerprint density at radius 2 is 2.13 bits per heavy atom. The van der Waals surface area contributed by atoms with Gasteiger partial charge in [0, 0.05) is 9.92 Å². The van der Waals surface area contributed by atoms with E-state index in [4.69, 9.17) is 16.7 Å². The Morgan fingerprint density at radius 3 is 2.67 bits per heavy atom. The van der Waals surface area contributed by atoms with Crippen molar-refractivity contribution in [1.82, 2.24) is 0 Å². The van der Waals surface area contributed by atoms with Crippen molar-refractivity contribution < 1.29 is 14.7 Å². The highest BCUT2D eigenvalue weighted by molar-refractivity contribution is 8.00. The summed E-state index contributed by atoms with van der Waals surface area (Å²) < 4.78 is 0.